The summed E-state index contributed by atoms with van der Waals surface area (Å²) in [5, 5.41) is 3.03. The maximum atomic E-state index is 11.6. The van der Waals surface area contributed by atoms with Crippen molar-refractivity contribution in [2.45, 2.75) is 31.7 Å². The van der Waals surface area contributed by atoms with E-state index in [4.69, 9.17) is 5.73 Å². The van der Waals surface area contributed by atoms with Gasteiger partial charge in [0.25, 0.3) is 0 Å². The average Bonchev–Trinajstić information content (AvgIpc) is 2.09. The smallest absolute Gasteiger partial charge is 0.240 e. The molecule has 1 saturated heterocycles. The van der Waals surface area contributed by atoms with Crippen LogP contribution in [0.1, 0.15) is 25.7 Å². The van der Waals surface area contributed by atoms with E-state index in [9.17, 15) is 9.59 Å². The monoisotopic (exact) mass is 213 g/mol. The highest BCUT2D eigenvalue weighted by Crippen LogP contribution is 2.18. The van der Waals surface area contributed by atoms with Crippen LogP contribution in [0.5, 0.6) is 0 Å². The van der Waals surface area contributed by atoms with Gasteiger partial charge >= 0.3 is 0 Å². The number of nitrogens with zero attached hydrogens (tertiary/aromatic N) is 1. The summed E-state index contributed by atoms with van der Waals surface area (Å²) in [5.41, 5.74) is 5.16. The fraction of sp³-hybridized carbons (Fsp3) is 0.800. The minimum Gasteiger partial charge on any atom is -0.368 e. The summed E-state index contributed by atoms with van der Waals surface area (Å²) in [5.74, 6) is -0.328. The molecule has 0 bridgehead atoms. The Kier molecular flexibility index (Phi) is 4.55. The fourth-order valence-electron chi connectivity index (χ4n) is 1.70. The minimum atomic E-state index is -0.384. The Bertz CT molecular complexity index is 243. The Morgan fingerprint density at radius 1 is 1.47 bits per heavy atom. The highest BCUT2D eigenvalue weighted by molar-refractivity contribution is 5.88. The van der Waals surface area contributed by atoms with Gasteiger partial charge in [-0.1, -0.05) is 0 Å². The molecule has 0 radical (unpaired) electrons. The minimum absolute atomic E-state index is 0.0566. The second-order valence-electron chi connectivity index (χ2n) is 3.85. The van der Waals surface area contributed by atoms with Gasteiger partial charge in [0.2, 0.25) is 11.8 Å². The summed E-state index contributed by atoms with van der Waals surface area (Å²) in [4.78, 5) is 24.1. The Morgan fingerprint density at radius 2 is 2.20 bits per heavy atom. The number of carbonyl (C=O) groups is 2. The van der Waals surface area contributed by atoms with Gasteiger partial charge in [-0.3, -0.25) is 9.59 Å². The lowest BCUT2D eigenvalue weighted by atomic mass is 10.0. The number of amides is 2. The van der Waals surface area contributed by atoms with Crippen LogP contribution >= 0.6 is 0 Å². The first-order chi connectivity index (χ1) is 7.16. The van der Waals surface area contributed by atoms with Gasteiger partial charge in [-0.25, -0.2) is 0 Å². The lowest BCUT2D eigenvalue weighted by molar-refractivity contribution is -0.146. The van der Waals surface area contributed by atoms with Crippen LogP contribution < -0.4 is 11.1 Å². The molecule has 1 rings (SSSR count). The molecule has 0 spiro atoms. The van der Waals surface area contributed by atoms with Crippen molar-refractivity contribution in [1.82, 2.24) is 10.2 Å². The highest BCUT2D eigenvalue weighted by atomic mass is 16.2. The van der Waals surface area contributed by atoms with Gasteiger partial charge in [0.1, 0.15) is 6.04 Å². The van der Waals surface area contributed by atoms with Crippen molar-refractivity contribution in [2.24, 2.45) is 5.73 Å². The molecule has 2 amide bonds. The molecule has 1 aliphatic rings. The third-order valence-corrected chi connectivity index (χ3v) is 2.74. The summed E-state index contributed by atoms with van der Waals surface area (Å²) >= 11 is 0. The van der Waals surface area contributed by atoms with E-state index in [0.717, 1.165) is 25.8 Å². The van der Waals surface area contributed by atoms with Gasteiger partial charge in [0.05, 0.1) is 0 Å². The summed E-state index contributed by atoms with van der Waals surface area (Å²) in [6.45, 7) is 1.60. The van der Waals surface area contributed by atoms with Gasteiger partial charge in [-0.15, -0.1) is 0 Å². The van der Waals surface area contributed by atoms with Gasteiger partial charge in [-0.05, 0) is 32.9 Å². The van der Waals surface area contributed by atoms with Crippen LogP contribution in [0, 0.1) is 0 Å². The van der Waals surface area contributed by atoms with Gasteiger partial charge < -0.3 is 16.0 Å². The normalized spacial score (nSPS) is 19.8. The molecule has 0 aromatic carbocycles. The number of primary amides is 1. The lowest BCUT2D eigenvalue weighted by Crippen LogP contribution is -2.57. The van der Waals surface area contributed by atoms with Gasteiger partial charge in [-0.2, -0.15) is 0 Å². The van der Waals surface area contributed by atoms with Crippen LogP contribution in [0.4, 0.5) is 0 Å². The first kappa shape index (κ1) is 12.0. The van der Waals surface area contributed by atoms with E-state index in [-0.39, 0.29) is 17.9 Å². The molecule has 5 nitrogen and oxygen atoms in total. The SMILES string of the molecule is CNCCCCC(=O)N1CCC1C(N)=O. The Labute approximate surface area is 90.0 Å². The predicted octanol–water partition coefficient (Wildman–Crippen LogP) is -0.538. The number of nitrogens with one attached hydrogen (secondary N) is 1. The molecule has 1 atom stereocenters. The molecule has 1 aliphatic heterocycles. The number of rotatable bonds is 6. The van der Waals surface area contributed by atoms with Crippen LogP contribution in [-0.4, -0.2) is 42.9 Å². The van der Waals surface area contributed by atoms with Crippen molar-refractivity contribution in [3.63, 3.8) is 0 Å². The molecule has 0 saturated carbocycles. The largest absolute Gasteiger partial charge is 0.368 e. The van der Waals surface area contributed by atoms with Crippen LogP contribution in [0.2, 0.25) is 0 Å². The van der Waals surface area contributed by atoms with E-state index in [2.05, 4.69) is 5.32 Å². The third kappa shape index (κ3) is 3.20. The Balaban J connectivity index is 2.20. The molecule has 86 valence electrons. The number of nitrogens with two attached hydrogens (primary N) is 1. The summed E-state index contributed by atoms with van der Waals surface area (Å²) in [6.07, 6.45) is 3.09. The molecular formula is C10H19N3O2. The van der Waals surface area contributed by atoms with E-state index in [1.54, 1.807) is 4.90 Å². The zero-order chi connectivity index (χ0) is 11.3. The highest BCUT2D eigenvalue weighted by Gasteiger charge is 2.35. The maximum absolute atomic E-state index is 11.6. The lowest BCUT2D eigenvalue weighted by Gasteiger charge is -2.38. The predicted molar refractivity (Wildman–Crippen MR) is 57.1 cm³/mol. The van der Waals surface area contributed by atoms with E-state index < -0.39 is 0 Å². The summed E-state index contributed by atoms with van der Waals surface area (Å²) in [6, 6.07) is -0.346. The molecule has 0 aliphatic carbocycles. The first-order valence-electron chi connectivity index (χ1n) is 5.40. The van der Waals surface area contributed by atoms with Crippen LogP contribution in [0.3, 0.4) is 0 Å². The molecular weight excluding hydrogens is 194 g/mol. The van der Waals surface area contributed by atoms with E-state index in [1.807, 2.05) is 7.05 Å². The molecule has 1 heterocycles. The zero-order valence-corrected chi connectivity index (χ0v) is 9.16. The first-order valence-corrected chi connectivity index (χ1v) is 5.40. The topological polar surface area (TPSA) is 75.4 Å². The second-order valence-corrected chi connectivity index (χ2v) is 3.85. The van der Waals surface area contributed by atoms with Crippen molar-refractivity contribution >= 4 is 11.8 Å². The molecule has 0 aromatic rings. The van der Waals surface area contributed by atoms with Gasteiger partial charge in [0.15, 0.2) is 0 Å². The standard InChI is InChI=1S/C10H19N3O2/c1-12-6-3-2-4-9(14)13-7-5-8(13)10(11)15/h8,12H,2-7H2,1H3,(H2,11,15). The molecule has 1 unspecified atom stereocenters. The number of hydrogen-bond acceptors (Lipinski definition) is 3. The van der Waals surface area contributed by atoms with Crippen LogP contribution in [0.15, 0.2) is 0 Å². The molecule has 0 aromatic heterocycles. The Hall–Kier alpha value is -1.10. The zero-order valence-electron chi connectivity index (χ0n) is 9.16. The number of hydrogen-bond donors (Lipinski definition) is 2. The van der Waals surface area contributed by atoms with Gasteiger partial charge in [0, 0.05) is 13.0 Å². The third-order valence-electron chi connectivity index (χ3n) is 2.74. The molecule has 15 heavy (non-hydrogen) atoms. The van der Waals surface area contributed by atoms with E-state index in [1.165, 1.54) is 0 Å². The fourth-order valence-corrected chi connectivity index (χ4v) is 1.70. The average molecular weight is 213 g/mol. The number of unbranched alkanes of at least 4 members (excludes halogenated alkanes) is 1. The number of carbonyl (C=O) groups excluding carboxylic acids is 2. The van der Waals surface area contributed by atoms with Crippen LogP contribution in [-0.2, 0) is 9.59 Å². The van der Waals surface area contributed by atoms with Crippen molar-refractivity contribution in [3.05, 3.63) is 0 Å². The van der Waals surface area contributed by atoms with Crippen molar-refractivity contribution in [3.8, 4) is 0 Å². The molecule has 3 N–H and O–H groups in total. The Morgan fingerprint density at radius 3 is 2.67 bits per heavy atom. The van der Waals surface area contributed by atoms with E-state index in [0.29, 0.717) is 13.0 Å². The summed E-state index contributed by atoms with van der Waals surface area (Å²) in [7, 11) is 1.89. The van der Waals surface area contributed by atoms with Crippen LogP contribution in [0.25, 0.3) is 0 Å². The maximum Gasteiger partial charge on any atom is 0.240 e. The van der Waals surface area contributed by atoms with E-state index >= 15 is 0 Å². The molecule has 5 heteroatoms. The second kappa shape index (κ2) is 5.70. The number of likely N-dealkylation sites (tertiary alicyclic amines) is 1. The van der Waals surface area contributed by atoms with Crippen molar-refractivity contribution in [1.29, 1.82) is 0 Å². The van der Waals surface area contributed by atoms with Crippen molar-refractivity contribution < 1.29 is 9.59 Å². The summed E-state index contributed by atoms with van der Waals surface area (Å²) < 4.78 is 0. The quantitative estimate of drug-likeness (QED) is 0.582. The molecule has 1 fully saturated rings. The van der Waals surface area contributed by atoms with Crippen molar-refractivity contribution in [2.75, 3.05) is 20.1 Å².